The Bertz CT molecular complexity index is 1450. The maximum absolute atomic E-state index is 13.7. The first-order valence-corrected chi connectivity index (χ1v) is 13.4. The Morgan fingerprint density at radius 1 is 1.10 bits per heavy atom. The number of hydrogen-bond acceptors (Lipinski definition) is 6. The molecule has 4 aliphatic rings. The summed E-state index contributed by atoms with van der Waals surface area (Å²) in [5.74, 6) is 1.95. The molecular formula is C31H32N2O6. The van der Waals surface area contributed by atoms with E-state index in [0.29, 0.717) is 55.5 Å². The van der Waals surface area contributed by atoms with Crippen molar-refractivity contribution in [3.8, 4) is 28.7 Å². The van der Waals surface area contributed by atoms with Crippen molar-refractivity contribution >= 4 is 11.8 Å². The molecule has 0 aromatic heterocycles. The van der Waals surface area contributed by atoms with Crippen LogP contribution >= 0.6 is 0 Å². The Morgan fingerprint density at radius 3 is 2.69 bits per heavy atom. The van der Waals surface area contributed by atoms with Crippen LogP contribution < -0.4 is 19.5 Å². The van der Waals surface area contributed by atoms with Gasteiger partial charge in [-0.2, -0.15) is 0 Å². The molecule has 0 radical (unpaired) electrons. The molecule has 2 amide bonds. The number of ether oxygens (including phenoxy) is 3. The molecule has 0 saturated heterocycles. The SMILES string of the molecule is COc1ccc2cc1OCCCNC(=O)c1cc(ccc1O)Oc1ccc3c(c1)CCN(C(=O)C1(C)CC1)C23. The fourth-order valence-corrected chi connectivity index (χ4v) is 5.42. The van der Waals surface area contributed by atoms with E-state index < -0.39 is 0 Å². The highest BCUT2D eigenvalue weighted by Gasteiger charge is 2.49. The number of fused-ring (bicyclic) bond motifs is 6. The molecule has 39 heavy (non-hydrogen) atoms. The number of carbonyl (C=O) groups is 2. The van der Waals surface area contributed by atoms with Gasteiger partial charge < -0.3 is 29.5 Å². The molecule has 8 heteroatoms. The van der Waals surface area contributed by atoms with E-state index in [1.165, 1.54) is 6.07 Å². The van der Waals surface area contributed by atoms with Crippen LogP contribution in [0.15, 0.2) is 54.6 Å². The number of methoxy groups -OCH3 is 1. The molecule has 1 atom stereocenters. The number of amides is 2. The van der Waals surface area contributed by atoms with Gasteiger partial charge in [-0.05, 0) is 84.8 Å². The average molecular weight is 529 g/mol. The van der Waals surface area contributed by atoms with Gasteiger partial charge in [-0.3, -0.25) is 9.59 Å². The minimum absolute atomic E-state index is 0.116. The number of nitrogens with zero attached hydrogens (tertiary/aromatic N) is 1. The van der Waals surface area contributed by atoms with Crippen molar-refractivity contribution in [3.63, 3.8) is 0 Å². The zero-order valence-corrected chi connectivity index (χ0v) is 22.2. The van der Waals surface area contributed by atoms with Crippen LogP contribution in [-0.4, -0.2) is 48.6 Å². The summed E-state index contributed by atoms with van der Waals surface area (Å²) in [6, 6.07) is 16.1. The van der Waals surface area contributed by atoms with E-state index in [-0.39, 0.29) is 34.6 Å². The normalized spacial score (nSPS) is 19.6. The first kappa shape index (κ1) is 25.1. The third-order valence-electron chi connectivity index (χ3n) is 7.94. The van der Waals surface area contributed by atoms with Crippen molar-refractivity contribution in [1.82, 2.24) is 10.2 Å². The Balaban J connectivity index is 1.45. The Kier molecular flexibility index (Phi) is 6.33. The van der Waals surface area contributed by atoms with Crippen LogP contribution in [0.3, 0.4) is 0 Å². The van der Waals surface area contributed by atoms with Gasteiger partial charge in [-0.15, -0.1) is 0 Å². The summed E-state index contributed by atoms with van der Waals surface area (Å²) >= 11 is 0. The van der Waals surface area contributed by atoms with Crippen LogP contribution in [0.2, 0.25) is 0 Å². The zero-order chi connectivity index (χ0) is 27.1. The molecule has 2 N–H and O–H groups in total. The molecule has 3 aliphatic heterocycles. The van der Waals surface area contributed by atoms with Crippen molar-refractivity contribution in [2.45, 2.75) is 38.6 Å². The van der Waals surface area contributed by atoms with Crippen molar-refractivity contribution in [1.29, 1.82) is 0 Å². The van der Waals surface area contributed by atoms with Crippen LogP contribution in [-0.2, 0) is 11.2 Å². The van der Waals surface area contributed by atoms with Crippen LogP contribution in [0.25, 0.3) is 0 Å². The summed E-state index contributed by atoms with van der Waals surface area (Å²) in [5, 5.41) is 13.1. The second-order valence-corrected chi connectivity index (χ2v) is 10.7. The minimum atomic E-state index is -0.388. The lowest BCUT2D eigenvalue weighted by molar-refractivity contribution is -0.138. The predicted octanol–water partition coefficient (Wildman–Crippen LogP) is 4.98. The van der Waals surface area contributed by atoms with Gasteiger partial charge in [-0.25, -0.2) is 0 Å². The number of benzene rings is 3. The van der Waals surface area contributed by atoms with E-state index in [2.05, 4.69) is 12.2 Å². The average Bonchev–Trinajstić information content (AvgIpc) is 3.70. The summed E-state index contributed by atoms with van der Waals surface area (Å²) in [5.41, 5.74) is 2.95. The highest BCUT2D eigenvalue weighted by Crippen LogP contribution is 2.50. The number of carbonyl (C=O) groups excluding carboxylic acids is 2. The molecule has 8 nitrogen and oxygen atoms in total. The first-order chi connectivity index (χ1) is 18.9. The lowest BCUT2D eigenvalue weighted by atomic mass is 9.86. The van der Waals surface area contributed by atoms with Crippen LogP contribution in [0.4, 0.5) is 0 Å². The predicted molar refractivity (Wildman–Crippen MR) is 145 cm³/mol. The number of phenolic OH excluding ortho intramolecular Hbond substituents is 1. The van der Waals surface area contributed by atoms with E-state index in [0.717, 1.165) is 29.5 Å². The molecule has 1 aliphatic carbocycles. The largest absolute Gasteiger partial charge is 0.507 e. The Labute approximate surface area is 227 Å². The monoisotopic (exact) mass is 528 g/mol. The molecule has 0 spiro atoms. The van der Waals surface area contributed by atoms with E-state index in [1.807, 2.05) is 41.3 Å². The van der Waals surface area contributed by atoms with E-state index >= 15 is 0 Å². The molecule has 202 valence electrons. The van der Waals surface area contributed by atoms with Crippen LogP contribution in [0, 0.1) is 5.41 Å². The molecule has 3 aromatic rings. The van der Waals surface area contributed by atoms with E-state index in [4.69, 9.17) is 14.2 Å². The van der Waals surface area contributed by atoms with Gasteiger partial charge in [0.25, 0.3) is 5.91 Å². The standard InChI is InChI=1S/C31H32N2O6/c1-31(11-12-31)30(36)33-14-10-19-16-21-5-7-23(19)28(33)20-4-9-26(37-2)27(17-20)38-15-3-13-32-29(35)24-18-22(39-21)6-8-25(24)34/h4-9,16-18,28,34H,3,10-15H2,1-2H3,(H,32,35). The fourth-order valence-electron chi connectivity index (χ4n) is 5.42. The number of hydrogen-bond donors (Lipinski definition) is 2. The summed E-state index contributed by atoms with van der Waals surface area (Å²) in [4.78, 5) is 28.4. The summed E-state index contributed by atoms with van der Waals surface area (Å²) in [6.07, 6.45) is 3.08. The lowest BCUT2D eigenvalue weighted by Gasteiger charge is -2.39. The first-order valence-electron chi connectivity index (χ1n) is 13.4. The molecule has 1 fully saturated rings. The highest BCUT2D eigenvalue weighted by atomic mass is 16.5. The summed E-state index contributed by atoms with van der Waals surface area (Å²) in [6.45, 7) is 3.36. The van der Waals surface area contributed by atoms with E-state index in [9.17, 15) is 14.7 Å². The van der Waals surface area contributed by atoms with Gasteiger partial charge in [-0.1, -0.05) is 19.1 Å². The van der Waals surface area contributed by atoms with Gasteiger partial charge in [0.05, 0.1) is 25.3 Å². The van der Waals surface area contributed by atoms with Gasteiger partial charge >= 0.3 is 0 Å². The van der Waals surface area contributed by atoms with Crippen LogP contribution in [0.1, 0.15) is 59.3 Å². The lowest BCUT2D eigenvalue weighted by Crippen LogP contribution is -2.43. The molecule has 1 unspecified atom stereocenters. The van der Waals surface area contributed by atoms with Crippen molar-refractivity contribution < 1.29 is 28.9 Å². The second-order valence-electron chi connectivity index (χ2n) is 10.7. The third kappa shape index (κ3) is 4.75. The van der Waals surface area contributed by atoms with Crippen molar-refractivity contribution in [2.24, 2.45) is 5.41 Å². The number of nitrogens with one attached hydrogen (secondary N) is 1. The molecule has 1 saturated carbocycles. The summed E-state index contributed by atoms with van der Waals surface area (Å²) in [7, 11) is 1.60. The maximum atomic E-state index is 13.7. The number of aromatic hydroxyl groups is 1. The molecule has 7 rings (SSSR count). The third-order valence-corrected chi connectivity index (χ3v) is 7.94. The zero-order valence-electron chi connectivity index (χ0n) is 22.2. The molecule has 3 heterocycles. The second kappa shape index (κ2) is 9.84. The van der Waals surface area contributed by atoms with Crippen molar-refractivity contribution in [3.05, 3.63) is 76.9 Å². The number of phenols is 1. The van der Waals surface area contributed by atoms with Gasteiger partial charge in [0.1, 0.15) is 17.2 Å². The van der Waals surface area contributed by atoms with Crippen molar-refractivity contribution in [2.75, 3.05) is 26.8 Å². The number of rotatable bonds is 2. The van der Waals surface area contributed by atoms with Crippen LogP contribution in [0.5, 0.6) is 28.7 Å². The molecule has 3 aromatic carbocycles. The minimum Gasteiger partial charge on any atom is -0.507 e. The van der Waals surface area contributed by atoms with Gasteiger partial charge in [0.15, 0.2) is 11.5 Å². The molecular weight excluding hydrogens is 496 g/mol. The van der Waals surface area contributed by atoms with E-state index in [1.54, 1.807) is 19.2 Å². The maximum Gasteiger partial charge on any atom is 0.255 e. The highest BCUT2D eigenvalue weighted by molar-refractivity contribution is 5.97. The topological polar surface area (TPSA) is 97.3 Å². The molecule has 8 bridgehead atoms. The smallest absolute Gasteiger partial charge is 0.255 e. The summed E-state index contributed by atoms with van der Waals surface area (Å²) < 4.78 is 17.8. The van der Waals surface area contributed by atoms with Gasteiger partial charge in [0.2, 0.25) is 5.91 Å². The quantitative estimate of drug-likeness (QED) is 0.487. The Hall–Kier alpha value is -4.20. The Morgan fingerprint density at radius 2 is 1.90 bits per heavy atom. The fraction of sp³-hybridized carbons (Fsp3) is 0.355. The van der Waals surface area contributed by atoms with Gasteiger partial charge in [0, 0.05) is 18.5 Å².